The molecule has 1 unspecified atom stereocenters. The number of nitro groups is 1. The molecule has 0 saturated heterocycles. The number of carboxylic acids is 1. The fourth-order valence-electron chi connectivity index (χ4n) is 0.996. The Morgan fingerprint density at radius 2 is 2.24 bits per heavy atom. The Labute approximate surface area is 114 Å². The van der Waals surface area contributed by atoms with E-state index in [0.29, 0.717) is 0 Å². The van der Waals surface area contributed by atoms with Crippen molar-refractivity contribution in [1.82, 2.24) is 0 Å². The molecule has 0 heterocycles. The predicted molar refractivity (Wildman–Crippen MR) is 68.7 cm³/mol. The lowest BCUT2D eigenvalue weighted by Crippen LogP contribution is -2.11. The molecule has 1 aromatic carbocycles. The van der Waals surface area contributed by atoms with Crippen molar-refractivity contribution in [3.05, 3.63) is 31.6 Å². The highest BCUT2D eigenvalue weighted by Crippen LogP contribution is 2.34. The first-order chi connectivity index (χ1) is 7.82. The number of hydrogen-bond acceptors (Lipinski definition) is 4. The molecule has 8 heteroatoms. The highest BCUT2D eigenvalue weighted by molar-refractivity contribution is 14.1. The summed E-state index contributed by atoms with van der Waals surface area (Å²) in [5.41, 5.74) is -0.283. The molecule has 1 aromatic rings. The summed E-state index contributed by atoms with van der Waals surface area (Å²) in [5, 5.41) is 18.6. The summed E-state index contributed by atoms with van der Waals surface area (Å²) in [4.78, 5) is 20.8. The van der Waals surface area contributed by atoms with Gasteiger partial charge in [-0.1, -0.05) is 0 Å². The van der Waals surface area contributed by atoms with E-state index < -0.39 is 22.0 Å². The molecule has 5 nitrogen and oxygen atoms in total. The van der Waals surface area contributed by atoms with E-state index in [-0.39, 0.29) is 14.2 Å². The maximum atomic E-state index is 13.3. The van der Waals surface area contributed by atoms with Gasteiger partial charge in [-0.25, -0.2) is 4.39 Å². The van der Waals surface area contributed by atoms with Crippen LogP contribution in [0.1, 0.15) is 6.92 Å². The normalized spacial score (nSPS) is 12.2. The zero-order valence-electron chi connectivity index (χ0n) is 8.52. The van der Waals surface area contributed by atoms with E-state index in [9.17, 15) is 19.3 Å². The molecule has 0 aliphatic heterocycles. The zero-order valence-corrected chi connectivity index (χ0v) is 11.5. The minimum atomic E-state index is -1.11. The monoisotopic (exact) mass is 371 g/mol. The van der Waals surface area contributed by atoms with Crippen LogP contribution in [0.5, 0.6) is 0 Å². The maximum absolute atomic E-state index is 13.3. The third-order valence-electron chi connectivity index (χ3n) is 1.85. The highest BCUT2D eigenvalue weighted by atomic mass is 127. The number of nitrogens with zero attached hydrogens (tertiary/aromatic N) is 1. The molecular weight excluding hydrogens is 364 g/mol. The molecule has 0 aliphatic rings. The van der Waals surface area contributed by atoms with Crippen LogP contribution in [-0.4, -0.2) is 21.2 Å². The maximum Gasteiger partial charge on any atom is 0.316 e. The Balaban J connectivity index is 3.17. The van der Waals surface area contributed by atoms with Crippen LogP contribution in [0.4, 0.5) is 10.1 Å². The highest BCUT2D eigenvalue weighted by Gasteiger charge is 2.22. The Hall–Kier alpha value is -0.900. The van der Waals surface area contributed by atoms with Crippen molar-refractivity contribution >= 4 is 46.0 Å². The molecule has 0 aliphatic carbocycles. The van der Waals surface area contributed by atoms with Crippen LogP contribution >= 0.6 is 34.4 Å². The Morgan fingerprint density at radius 1 is 1.65 bits per heavy atom. The summed E-state index contributed by atoms with van der Waals surface area (Å²) in [5.74, 6) is -1.71. The summed E-state index contributed by atoms with van der Waals surface area (Å²) in [6.07, 6.45) is 0. The molecule has 17 heavy (non-hydrogen) atoms. The van der Waals surface area contributed by atoms with Gasteiger partial charge in [0, 0.05) is 6.07 Å². The van der Waals surface area contributed by atoms with Gasteiger partial charge < -0.3 is 5.11 Å². The van der Waals surface area contributed by atoms with E-state index in [1.54, 1.807) is 22.6 Å². The van der Waals surface area contributed by atoms with Crippen LogP contribution in [0.3, 0.4) is 0 Å². The summed E-state index contributed by atoms with van der Waals surface area (Å²) >= 11 is 2.39. The van der Waals surface area contributed by atoms with Crippen molar-refractivity contribution in [2.45, 2.75) is 17.1 Å². The number of hydrogen-bond donors (Lipinski definition) is 1. The average molecular weight is 371 g/mol. The van der Waals surface area contributed by atoms with Crippen molar-refractivity contribution in [2.75, 3.05) is 0 Å². The number of carbonyl (C=O) groups is 1. The quantitative estimate of drug-likeness (QED) is 0.381. The minimum absolute atomic E-state index is 0.0165. The topological polar surface area (TPSA) is 80.4 Å². The summed E-state index contributed by atoms with van der Waals surface area (Å²) < 4.78 is 13.4. The molecule has 1 atom stereocenters. The number of thioether (sulfide) groups is 1. The van der Waals surface area contributed by atoms with Gasteiger partial charge in [0.05, 0.1) is 13.4 Å². The fraction of sp³-hybridized carbons (Fsp3) is 0.222. The number of halogens is 2. The van der Waals surface area contributed by atoms with Crippen molar-refractivity contribution < 1.29 is 19.2 Å². The zero-order chi connectivity index (χ0) is 13.2. The van der Waals surface area contributed by atoms with E-state index in [0.717, 1.165) is 23.9 Å². The van der Waals surface area contributed by atoms with Crippen LogP contribution in [0.2, 0.25) is 0 Å². The molecule has 1 N–H and O–H groups in total. The van der Waals surface area contributed by atoms with Gasteiger partial charge in [0.1, 0.15) is 11.1 Å². The molecule has 1 rings (SSSR count). The fourth-order valence-corrected chi connectivity index (χ4v) is 2.35. The second-order valence-electron chi connectivity index (χ2n) is 3.09. The first kappa shape index (κ1) is 14.2. The first-order valence-electron chi connectivity index (χ1n) is 4.36. The molecule has 0 bridgehead atoms. The second kappa shape index (κ2) is 5.63. The predicted octanol–water partition coefficient (Wildman–Crippen LogP) is 2.90. The standard InChI is InChI=1S/C9H7FINO4S/c1-4(9(13)14)17-8-2-5(10)6(11)3-7(8)12(15)16/h2-4H,1H3,(H,13,14). The number of benzene rings is 1. The molecule has 92 valence electrons. The first-order valence-corrected chi connectivity index (χ1v) is 6.31. The summed E-state index contributed by atoms with van der Waals surface area (Å²) in [7, 11) is 0. The van der Waals surface area contributed by atoms with Crippen LogP contribution in [0, 0.1) is 19.5 Å². The lowest BCUT2D eigenvalue weighted by atomic mass is 10.3. The average Bonchev–Trinajstić information content (AvgIpc) is 2.22. The summed E-state index contributed by atoms with van der Waals surface area (Å²) in [6, 6.07) is 2.08. The summed E-state index contributed by atoms with van der Waals surface area (Å²) in [6.45, 7) is 1.38. The third kappa shape index (κ3) is 3.53. The van der Waals surface area contributed by atoms with Gasteiger partial charge in [-0.2, -0.15) is 0 Å². The van der Waals surface area contributed by atoms with Crippen molar-refractivity contribution in [3.8, 4) is 0 Å². The van der Waals surface area contributed by atoms with Gasteiger partial charge >= 0.3 is 5.97 Å². The largest absolute Gasteiger partial charge is 0.480 e. The molecule has 0 amide bonds. The van der Waals surface area contributed by atoms with E-state index >= 15 is 0 Å². The van der Waals surface area contributed by atoms with Gasteiger partial charge in [-0.15, -0.1) is 11.8 Å². The van der Waals surface area contributed by atoms with Crippen LogP contribution < -0.4 is 0 Å². The lowest BCUT2D eigenvalue weighted by molar-refractivity contribution is -0.387. The van der Waals surface area contributed by atoms with Crippen molar-refractivity contribution in [3.63, 3.8) is 0 Å². The molecule has 0 saturated carbocycles. The van der Waals surface area contributed by atoms with Gasteiger partial charge in [0.25, 0.3) is 5.69 Å². The molecule has 0 spiro atoms. The van der Waals surface area contributed by atoms with Crippen LogP contribution in [0.25, 0.3) is 0 Å². The number of aliphatic carboxylic acids is 1. The second-order valence-corrected chi connectivity index (χ2v) is 5.63. The number of rotatable bonds is 4. The molecule has 0 aromatic heterocycles. The number of nitro benzene ring substituents is 1. The Kier molecular flexibility index (Phi) is 4.69. The van der Waals surface area contributed by atoms with Crippen molar-refractivity contribution in [2.24, 2.45) is 0 Å². The van der Waals surface area contributed by atoms with E-state index in [2.05, 4.69) is 0 Å². The lowest BCUT2D eigenvalue weighted by Gasteiger charge is -2.07. The Morgan fingerprint density at radius 3 is 2.71 bits per heavy atom. The van der Waals surface area contributed by atoms with E-state index in [1.165, 1.54) is 6.92 Å². The van der Waals surface area contributed by atoms with Gasteiger partial charge in [0.2, 0.25) is 0 Å². The van der Waals surface area contributed by atoms with Gasteiger partial charge in [-0.05, 0) is 35.6 Å². The van der Waals surface area contributed by atoms with Crippen LogP contribution in [0.15, 0.2) is 17.0 Å². The van der Waals surface area contributed by atoms with E-state index in [4.69, 9.17) is 5.11 Å². The Bertz CT molecular complexity index is 482. The van der Waals surface area contributed by atoms with Gasteiger partial charge in [0.15, 0.2) is 0 Å². The molecule has 0 radical (unpaired) electrons. The number of carboxylic acid groups (broad SMARTS) is 1. The smallest absolute Gasteiger partial charge is 0.316 e. The SMILES string of the molecule is CC(Sc1cc(F)c(I)cc1[N+](=O)[O-])C(=O)O. The molecule has 0 fully saturated rings. The third-order valence-corrected chi connectivity index (χ3v) is 3.81. The van der Waals surface area contributed by atoms with Gasteiger partial charge in [-0.3, -0.25) is 14.9 Å². The van der Waals surface area contributed by atoms with Crippen LogP contribution in [-0.2, 0) is 4.79 Å². The van der Waals surface area contributed by atoms with E-state index in [1.807, 2.05) is 0 Å². The minimum Gasteiger partial charge on any atom is -0.480 e. The van der Waals surface area contributed by atoms with Crippen molar-refractivity contribution in [1.29, 1.82) is 0 Å². The molecular formula is C9H7FINO4S.